The number of nitrogens with one attached hydrogen (secondary N) is 1. The lowest BCUT2D eigenvalue weighted by Crippen LogP contribution is -2.24. The highest BCUT2D eigenvalue weighted by atomic mass is 35.5. The minimum absolute atomic E-state index is 0.169. The molecule has 0 fully saturated rings. The Morgan fingerprint density at radius 2 is 2.31 bits per heavy atom. The molecule has 1 rings (SSSR count). The Kier molecular flexibility index (Phi) is 5.03. The highest BCUT2D eigenvalue weighted by Gasteiger charge is 2.08. The van der Waals surface area contributed by atoms with Crippen molar-refractivity contribution in [3.05, 3.63) is 28.0 Å². The van der Waals surface area contributed by atoms with Gasteiger partial charge in [-0.05, 0) is 12.5 Å². The zero-order chi connectivity index (χ0) is 12.0. The number of rotatable bonds is 4. The molecule has 6 heteroatoms. The van der Waals surface area contributed by atoms with Crippen LogP contribution in [0, 0.1) is 11.3 Å². The van der Waals surface area contributed by atoms with Crippen LogP contribution in [0.1, 0.15) is 23.2 Å². The zero-order valence-corrected chi connectivity index (χ0v) is 9.85. The fraction of sp³-hybridized carbons (Fsp3) is 0.300. The van der Waals surface area contributed by atoms with Gasteiger partial charge in [0, 0.05) is 19.2 Å². The van der Waals surface area contributed by atoms with E-state index in [1.165, 1.54) is 12.3 Å². The lowest BCUT2D eigenvalue weighted by atomic mass is 10.2. The van der Waals surface area contributed by atoms with Crippen LogP contribution in [0.3, 0.4) is 0 Å². The largest absolute Gasteiger partial charge is 0.352 e. The third-order valence-corrected chi connectivity index (χ3v) is 2.50. The molecular formula is C10H9Cl2N3O. The quantitative estimate of drug-likeness (QED) is 0.666. The molecule has 1 amide bonds. The predicted octanol–water partition coefficient (Wildman–Crippen LogP) is 2.42. The van der Waals surface area contributed by atoms with Gasteiger partial charge in [0.15, 0.2) is 0 Å². The average Bonchev–Trinajstić information content (AvgIpc) is 2.28. The van der Waals surface area contributed by atoms with Gasteiger partial charge < -0.3 is 5.32 Å². The van der Waals surface area contributed by atoms with Crippen LogP contribution in [0.15, 0.2) is 12.3 Å². The number of aromatic nitrogens is 1. The maximum absolute atomic E-state index is 11.5. The van der Waals surface area contributed by atoms with Crippen molar-refractivity contribution >= 4 is 29.1 Å². The second-order valence-electron chi connectivity index (χ2n) is 3.01. The number of unbranched alkanes of at least 4 members (excludes halogenated alkanes) is 1. The fourth-order valence-electron chi connectivity index (χ4n) is 1.02. The van der Waals surface area contributed by atoms with Gasteiger partial charge in [-0.15, -0.1) is 0 Å². The number of nitrogens with zero attached hydrogens (tertiary/aromatic N) is 2. The molecule has 0 saturated carbocycles. The molecule has 4 nitrogen and oxygen atoms in total. The molecule has 0 bridgehead atoms. The second-order valence-corrected chi connectivity index (χ2v) is 3.78. The highest BCUT2D eigenvalue weighted by molar-refractivity contribution is 6.41. The highest BCUT2D eigenvalue weighted by Crippen LogP contribution is 2.19. The van der Waals surface area contributed by atoms with Crippen molar-refractivity contribution in [3.8, 4) is 6.07 Å². The van der Waals surface area contributed by atoms with Crippen molar-refractivity contribution in [1.29, 1.82) is 5.26 Å². The number of amides is 1. The average molecular weight is 258 g/mol. The number of hydrogen-bond acceptors (Lipinski definition) is 3. The molecule has 0 spiro atoms. The van der Waals surface area contributed by atoms with Gasteiger partial charge >= 0.3 is 0 Å². The third kappa shape index (κ3) is 3.69. The van der Waals surface area contributed by atoms with Crippen LogP contribution in [0.5, 0.6) is 0 Å². The van der Waals surface area contributed by atoms with E-state index in [1.807, 2.05) is 6.07 Å². The van der Waals surface area contributed by atoms with Gasteiger partial charge in [0.25, 0.3) is 5.91 Å². The monoisotopic (exact) mass is 257 g/mol. The third-order valence-electron chi connectivity index (χ3n) is 1.81. The Balaban J connectivity index is 2.53. The number of halogens is 2. The minimum atomic E-state index is -0.274. The van der Waals surface area contributed by atoms with Crippen LogP contribution in [-0.4, -0.2) is 17.4 Å². The molecule has 0 radical (unpaired) electrons. The molecule has 1 aromatic heterocycles. The molecule has 0 unspecified atom stereocenters. The van der Waals surface area contributed by atoms with E-state index in [4.69, 9.17) is 28.5 Å². The van der Waals surface area contributed by atoms with Gasteiger partial charge in [0.2, 0.25) is 0 Å². The van der Waals surface area contributed by atoms with Gasteiger partial charge in [-0.2, -0.15) is 5.26 Å². The van der Waals surface area contributed by atoms with E-state index in [0.29, 0.717) is 24.9 Å². The van der Waals surface area contributed by atoms with Crippen LogP contribution in [-0.2, 0) is 0 Å². The molecule has 0 aliphatic heterocycles. The molecule has 0 aliphatic rings. The Morgan fingerprint density at radius 3 is 2.94 bits per heavy atom. The maximum Gasteiger partial charge on any atom is 0.252 e. The lowest BCUT2D eigenvalue weighted by Gasteiger charge is -2.04. The van der Waals surface area contributed by atoms with Crippen molar-refractivity contribution in [3.63, 3.8) is 0 Å². The Labute approximate surface area is 103 Å². The van der Waals surface area contributed by atoms with Crippen LogP contribution < -0.4 is 5.32 Å². The normalized spacial score (nSPS) is 9.56. The summed E-state index contributed by atoms with van der Waals surface area (Å²) in [6.07, 6.45) is 2.39. The SMILES string of the molecule is N#CCCCNC(=O)c1cnc(Cl)c(Cl)c1. The zero-order valence-electron chi connectivity index (χ0n) is 8.33. The van der Waals surface area contributed by atoms with Crippen molar-refractivity contribution in [1.82, 2.24) is 10.3 Å². The molecule has 0 atom stereocenters. The summed E-state index contributed by atoms with van der Waals surface area (Å²) in [4.78, 5) is 15.3. The van der Waals surface area contributed by atoms with Gasteiger partial charge in [-0.25, -0.2) is 4.98 Å². The molecule has 1 N–H and O–H groups in total. The Bertz CT molecular complexity index is 429. The molecule has 0 aliphatic carbocycles. The van der Waals surface area contributed by atoms with E-state index < -0.39 is 0 Å². The first-order valence-electron chi connectivity index (χ1n) is 4.61. The van der Waals surface area contributed by atoms with E-state index in [9.17, 15) is 4.79 Å². The van der Waals surface area contributed by atoms with Crippen molar-refractivity contribution < 1.29 is 4.79 Å². The van der Waals surface area contributed by atoms with E-state index in [-0.39, 0.29) is 16.1 Å². The summed E-state index contributed by atoms with van der Waals surface area (Å²) >= 11 is 11.3. The lowest BCUT2D eigenvalue weighted by molar-refractivity contribution is 0.0953. The van der Waals surface area contributed by atoms with Crippen LogP contribution in [0.25, 0.3) is 0 Å². The Morgan fingerprint density at radius 1 is 1.56 bits per heavy atom. The maximum atomic E-state index is 11.5. The van der Waals surface area contributed by atoms with Crippen LogP contribution in [0.2, 0.25) is 10.2 Å². The van der Waals surface area contributed by atoms with Crippen LogP contribution in [0.4, 0.5) is 0 Å². The summed E-state index contributed by atoms with van der Waals surface area (Å²) in [6.45, 7) is 0.451. The molecular weight excluding hydrogens is 249 g/mol. The summed E-state index contributed by atoms with van der Waals surface area (Å²) in [5, 5.41) is 11.4. The van der Waals surface area contributed by atoms with Gasteiger partial charge in [-0.3, -0.25) is 4.79 Å². The molecule has 0 saturated heterocycles. The van der Waals surface area contributed by atoms with Crippen molar-refractivity contribution in [2.75, 3.05) is 6.54 Å². The van der Waals surface area contributed by atoms with Crippen LogP contribution >= 0.6 is 23.2 Å². The molecule has 0 aromatic carbocycles. The topological polar surface area (TPSA) is 65.8 Å². The first-order valence-corrected chi connectivity index (χ1v) is 5.37. The summed E-state index contributed by atoms with van der Waals surface area (Å²) in [5.74, 6) is -0.274. The van der Waals surface area contributed by atoms with E-state index >= 15 is 0 Å². The summed E-state index contributed by atoms with van der Waals surface area (Å²) < 4.78 is 0. The van der Waals surface area contributed by atoms with Gasteiger partial charge in [-0.1, -0.05) is 23.2 Å². The number of carbonyl (C=O) groups is 1. The van der Waals surface area contributed by atoms with E-state index in [0.717, 1.165) is 0 Å². The number of nitriles is 1. The minimum Gasteiger partial charge on any atom is -0.352 e. The first-order chi connectivity index (χ1) is 7.65. The van der Waals surface area contributed by atoms with Crippen molar-refractivity contribution in [2.45, 2.75) is 12.8 Å². The van der Waals surface area contributed by atoms with Gasteiger partial charge in [0.1, 0.15) is 5.15 Å². The molecule has 84 valence electrons. The number of carbonyl (C=O) groups excluding carboxylic acids is 1. The molecule has 16 heavy (non-hydrogen) atoms. The smallest absolute Gasteiger partial charge is 0.252 e. The van der Waals surface area contributed by atoms with Crippen molar-refractivity contribution in [2.24, 2.45) is 0 Å². The summed E-state index contributed by atoms with van der Waals surface area (Å²) in [6, 6.07) is 3.45. The number of hydrogen-bond donors (Lipinski definition) is 1. The molecule has 1 aromatic rings. The second kappa shape index (κ2) is 6.31. The predicted molar refractivity (Wildman–Crippen MR) is 61.4 cm³/mol. The van der Waals surface area contributed by atoms with Gasteiger partial charge in [0.05, 0.1) is 16.7 Å². The fourth-order valence-corrected chi connectivity index (χ4v) is 1.29. The number of pyridine rings is 1. The first kappa shape index (κ1) is 12.8. The molecule has 1 heterocycles. The summed E-state index contributed by atoms with van der Waals surface area (Å²) in [7, 11) is 0. The summed E-state index contributed by atoms with van der Waals surface area (Å²) in [5.41, 5.74) is 0.353. The van der Waals surface area contributed by atoms with E-state index in [2.05, 4.69) is 10.3 Å². The van der Waals surface area contributed by atoms with E-state index in [1.54, 1.807) is 0 Å². The Hall–Kier alpha value is -1.31. The standard InChI is InChI=1S/C10H9Cl2N3O/c11-8-5-7(6-15-9(8)12)10(16)14-4-2-1-3-13/h5-6H,1-2,4H2,(H,14,16).